The van der Waals surface area contributed by atoms with Crippen LogP contribution in [0.3, 0.4) is 0 Å². The van der Waals surface area contributed by atoms with Gasteiger partial charge in [-0.2, -0.15) is 0 Å². The molecule has 148 valence electrons. The third kappa shape index (κ3) is 6.35. The van der Waals surface area contributed by atoms with Crippen LogP contribution in [0.15, 0.2) is 91.0 Å². The molecule has 1 amide bonds. The lowest BCUT2D eigenvalue weighted by Crippen LogP contribution is -2.28. The number of hydrogen-bond acceptors (Lipinski definition) is 2. The zero-order chi connectivity index (χ0) is 20.3. The number of nitrogens with zero attached hydrogens (tertiary/aromatic N) is 1. The van der Waals surface area contributed by atoms with Gasteiger partial charge in [0.05, 0.1) is 6.61 Å². The molecule has 0 aliphatic carbocycles. The summed E-state index contributed by atoms with van der Waals surface area (Å²) in [6.45, 7) is 3.86. The van der Waals surface area contributed by atoms with Crippen molar-refractivity contribution >= 4 is 12.0 Å². The standard InChI is InChI=1S/C26H27NO2/c1-2-19-29-25-16-10-9-15-24(25)17-18-26(28)27(20-22-11-5-3-6-12-22)21-23-13-7-4-8-14-23/h3-18H,2,19-21H2,1H3/b18-17+. The average molecular weight is 386 g/mol. The molecule has 3 aromatic rings. The first-order valence-electron chi connectivity index (χ1n) is 10.0. The molecule has 3 rings (SSSR count). The Kier molecular flexibility index (Phi) is 7.64. The SMILES string of the molecule is CCCOc1ccccc1/C=C/C(=O)N(Cc1ccccc1)Cc1ccccc1. The lowest BCUT2D eigenvalue weighted by molar-refractivity contribution is -0.127. The van der Waals surface area contributed by atoms with Gasteiger partial charge in [-0.15, -0.1) is 0 Å². The molecule has 0 fully saturated rings. The van der Waals surface area contributed by atoms with Crippen molar-refractivity contribution in [3.8, 4) is 5.75 Å². The summed E-state index contributed by atoms with van der Waals surface area (Å²) in [6.07, 6.45) is 4.43. The highest BCUT2D eigenvalue weighted by molar-refractivity contribution is 5.92. The van der Waals surface area contributed by atoms with Crippen LogP contribution in [-0.4, -0.2) is 17.4 Å². The molecule has 0 aliphatic heterocycles. The van der Waals surface area contributed by atoms with Gasteiger partial charge in [0, 0.05) is 24.7 Å². The topological polar surface area (TPSA) is 29.5 Å². The lowest BCUT2D eigenvalue weighted by atomic mass is 10.1. The van der Waals surface area contributed by atoms with E-state index in [2.05, 4.69) is 6.92 Å². The number of benzene rings is 3. The number of carbonyl (C=O) groups is 1. The van der Waals surface area contributed by atoms with Crippen LogP contribution in [0.2, 0.25) is 0 Å². The largest absolute Gasteiger partial charge is 0.493 e. The van der Waals surface area contributed by atoms with Crippen molar-refractivity contribution in [1.82, 2.24) is 4.90 Å². The Labute approximate surface area is 173 Å². The van der Waals surface area contributed by atoms with Gasteiger partial charge < -0.3 is 9.64 Å². The molecular formula is C26H27NO2. The Morgan fingerprint density at radius 3 is 1.97 bits per heavy atom. The van der Waals surface area contributed by atoms with Crippen LogP contribution in [0.1, 0.15) is 30.0 Å². The van der Waals surface area contributed by atoms with Crippen molar-refractivity contribution in [3.63, 3.8) is 0 Å². The van der Waals surface area contributed by atoms with Crippen LogP contribution < -0.4 is 4.74 Å². The summed E-state index contributed by atoms with van der Waals surface area (Å²) in [5.74, 6) is 0.777. The van der Waals surface area contributed by atoms with Gasteiger partial charge in [0.15, 0.2) is 0 Å². The maximum absolute atomic E-state index is 13.0. The molecule has 29 heavy (non-hydrogen) atoms. The quantitative estimate of drug-likeness (QED) is 0.441. The minimum atomic E-state index is -0.0250. The summed E-state index contributed by atoms with van der Waals surface area (Å²) < 4.78 is 5.79. The Morgan fingerprint density at radius 2 is 1.38 bits per heavy atom. The van der Waals surface area contributed by atoms with Crippen LogP contribution in [0.25, 0.3) is 6.08 Å². The molecule has 0 spiro atoms. The van der Waals surface area contributed by atoms with Crippen molar-refractivity contribution < 1.29 is 9.53 Å². The summed E-state index contributed by atoms with van der Waals surface area (Å²) >= 11 is 0. The third-order valence-electron chi connectivity index (χ3n) is 4.53. The Morgan fingerprint density at radius 1 is 0.828 bits per heavy atom. The van der Waals surface area contributed by atoms with E-state index in [1.807, 2.05) is 95.9 Å². The normalized spacial score (nSPS) is 10.8. The highest BCUT2D eigenvalue weighted by Crippen LogP contribution is 2.20. The molecule has 0 saturated heterocycles. The van der Waals surface area contributed by atoms with E-state index in [0.29, 0.717) is 19.7 Å². The van der Waals surface area contributed by atoms with Gasteiger partial charge in [-0.25, -0.2) is 0 Å². The maximum Gasteiger partial charge on any atom is 0.247 e. The van der Waals surface area contributed by atoms with Crippen molar-refractivity contribution in [2.75, 3.05) is 6.61 Å². The number of rotatable bonds is 9. The lowest BCUT2D eigenvalue weighted by Gasteiger charge is -2.22. The Bertz CT molecular complexity index is 878. The first-order chi connectivity index (χ1) is 14.3. The minimum absolute atomic E-state index is 0.0250. The predicted molar refractivity (Wildman–Crippen MR) is 118 cm³/mol. The second-order valence-corrected chi connectivity index (χ2v) is 6.89. The highest BCUT2D eigenvalue weighted by atomic mass is 16.5. The molecule has 0 radical (unpaired) electrons. The number of hydrogen-bond donors (Lipinski definition) is 0. The minimum Gasteiger partial charge on any atom is -0.493 e. The Balaban J connectivity index is 1.78. The van der Waals surface area contributed by atoms with Crippen LogP contribution in [-0.2, 0) is 17.9 Å². The zero-order valence-corrected chi connectivity index (χ0v) is 16.8. The second-order valence-electron chi connectivity index (χ2n) is 6.89. The predicted octanol–water partition coefficient (Wildman–Crippen LogP) is 5.72. The van der Waals surface area contributed by atoms with Crippen LogP contribution in [0, 0.1) is 0 Å². The van der Waals surface area contributed by atoms with Crippen LogP contribution in [0.4, 0.5) is 0 Å². The monoisotopic (exact) mass is 385 g/mol. The van der Waals surface area contributed by atoms with E-state index in [1.165, 1.54) is 0 Å². The summed E-state index contributed by atoms with van der Waals surface area (Å²) in [5, 5.41) is 0. The van der Waals surface area contributed by atoms with E-state index >= 15 is 0 Å². The summed E-state index contributed by atoms with van der Waals surface area (Å²) in [5.41, 5.74) is 3.13. The fourth-order valence-corrected chi connectivity index (χ4v) is 3.05. The van der Waals surface area contributed by atoms with Gasteiger partial charge >= 0.3 is 0 Å². The van der Waals surface area contributed by atoms with Gasteiger partial charge in [-0.3, -0.25) is 4.79 Å². The molecule has 0 saturated carbocycles. The van der Waals surface area contributed by atoms with E-state index in [9.17, 15) is 4.79 Å². The molecular weight excluding hydrogens is 358 g/mol. The fraction of sp³-hybridized carbons (Fsp3) is 0.192. The number of amides is 1. The van der Waals surface area contributed by atoms with E-state index in [0.717, 1.165) is 28.9 Å². The Hall–Kier alpha value is -3.33. The van der Waals surface area contributed by atoms with Crippen LogP contribution >= 0.6 is 0 Å². The van der Waals surface area contributed by atoms with Gasteiger partial charge in [0.25, 0.3) is 0 Å². The molecule has 3 heteroatoms. The highest BCUT2D eigenvalue weighted by Gasteiger charge is 2.12. The number of carbonyl (C=O) groups excluding carboxylic acids is 1. The van der Waals surface area contributed by atoms with Crippen molar-refractivity contribution in [1.29, 1.82) is 0 Å². The molecule has 0 N–H and O–H groups in total. The first-order valence-corrected chi connectivity index (χ1v) is 10.0. The van der Waals surface area contributed by atoms with Gasteiger partial charge in [-0.05, 0) is 29.7 Å². The maximum atomic E-state index is 13.0. The van der Waals surface area contributed by atoms with E-state index < -0.39 is 0 Å². The van der Waals surface area contributed by atoms with Crippen molar-refractivity contribution in [3.05, 3.63) is 108 Å². The van der Waals surface area contributed by atoms with Crippen LogP contribution in [0.5, 0.6) is 5.75 Å². The smallest absolute Gasteiger partial charge is 0.247 e. The second kappa shape index (κ2) is 10.9. The zero-order valence-electron chi connectivity index (χ0n) is 16.8. The van der Waals surface area contributed by atoms with Crippen molar-refractivity contribution in [2.24, 2.45) is 0 Å². The molecule has 3 aromatic carbocycles. The van der Waals surface area contributed by atoms with Gasteiger partial charge in [0.1, 0.15) is 5.75 Å². The molecule has 0 heterocycles. The molecule has 0 bridgehead atoms. The molecule has 0 atom stereocenters. The summed E-state index contributed by atoms with van der Waals surface area (Å²) in [4.78, 5) is 14.9. The first kappa shape index (κ1) is 20.4. The third-order valence-corrected chi connectivity index (χ3v) is 4.53. The van der Waals surface area contributed by atoms with E-state index in [-0.39, 0.29) is 5.91 Å². The van der Waals surface area contributed by atoms with Crippen molar-refractivity contribution in [2.45, 2.75) is 26.4 Å². The van der Waals surface area contributed by atoms with E-state index in [4.69, 9.17) is 4.74 Å². The molecule has 3 nitrogen and oxygen atoms in total. The average Bonchev–Trinajstić information content (AvgIpc) is 2.77. The number of ether oxygens (including phenoxy) is 1. The summed E-state index contributed by atoms with van der Waals surface area (Å²) in [6, 6.07) is 27.9. The molecule has 0 aromatic heterocycles. The number of para-hydroxylation sites is 1. The fourth-order valence-electron chi connectivity index (χ4n) is 3.05. The molecule has 0 unspecified atom stereocenters. The summed E-state index contributed by atoms with van der Waals surface area (Å²) in [7, 11) is 0. The van der Waals surface area contributed by atoms with Gasteiger partial charge in [-0.1, -0.05) is 85.8 Å². The van der Waals surface area contributed by atoms with E-state index in [1.54, 1.807) is 6.08 Å². The molecule has 0 aliphatic rings. The van der Waals surface area contributed by atoms with Gasteiger partial charge in [0.2, 0.25) is 5.91 Å².